The van der Waals surface area contributed by atoms with Crippen molar-refractivity contribution < 1.29 is 4.79 Å². The third-order valence-electron chi connectivity index (χ3n) is 2.83. The second-order valence-electron chi connectivity index (χ2n) is 4.61. The van der Waals surface area contributed by atoms with E-state index in [9.17, 15) is 4.79 Å². The van der Waals surface area contributed by atoms with E-state index in [1.54, 1.807) is 36.4 Å². The van der Waals surface area contributed by atoms with Crippen LogP contribution in [-0.2, 0) is 0 Å². The quantitative estimate of drug-likeness (QED) is 0.516. The molecule has 0 bridgehead atoms. The Kier molecular flexibility index (Phi) is 4.95. The molecule has 0 aromatic heterocycles. The topological polar surface area (TPSA) is 67.5 Å². The number of anilines is 1. The first kappa shape index (κ1) is 15.1. The van der Waals surface area contributed by atoms with Gasteiger partial charge in [0, 0.05) is 11.3 Å². The van der Waals surface area contributed by atoms with Gasteiger partial charge in [-0.15, -0.1) is 11.6 Å². The molecule has 0 aliphatic heterocycles. The van der Waals surface area contributed by atoms with E-state index >= 15 is 0 Å². The molecule has 4 nitrogen and oxygen atoms in total. The summed E-state index contributed by atoms with van der Waals surface area (Å²) >= 11 is 5.59. The molecule has 2 aromatic carbocycles. The molecule has 0 spiro atoms. The van der Waals surface area contributed by atoms with Gasteiger partial charge in [0.1, 0.15) is 5.84 Å². The molecule has 21 heavy (non-hydrogen) atoms. The molecule has 0 atom stereocenters. The summed E-state index contributed by atoms with van der Waals surface area (Å²) in [7, 11) is 0. The van der Waals surface area contributed by atoms with Gasteiger partial charge in [0.05, 0.1) is 11.6 Å². The third-order valence-corrected chi connectivity index (χ3v) is 3.10. The Hall–Kier alpha value is -2.33. The predicted molar refractivity (Wildman–Crippen MR) is 87.6 cm³/mol. The Morgan fingerprint density at radius 2 is 1.95 bits per heavy atom. The Morgan fingerprint density at radius 1 is 1.24 bits per heavy atom. The minimum absolute atomic E-state index is 0.165. The number of amides is 1. The zero-order valence-electron chi connectivity index (χ0n) is 11.6. The lowest BCUT2D eigenvalue weighted by atomic mass is 10.1. The number of hydrogen-bond acceptors (Lipinski definition) is 2. The molecule has 5 heteroatoms. The normalized spacial score (nSPS) is 11.2. The van der Waals surface area contributed by atoms with Gasteiger partial charge >= 0.3 is 0 Å². The van der Waals surface area contributed by atoms with Crippen LogP contribution in [0.4, 0.5) is 11.4 Å². The van der Waals surface area contributed by atoms with Crippen molar-refractivity contribution in [3.8, 4) is 0 Å². The van der Waals surface area contributed by atoms with E-state index in [0.717, 1.165) is 5.56 Å². The van der Waals surface area contributed by atoms with Gasteiger partial charge in [-0.1, -0.05) is 23.8 Å². The van der Waals surface area contributed by atoms with E-state index < -0.39 is 0 Å². The van der Waals surface area contributed by atoms with Crippen LogP contribution in [0.5, 0.6) is 0 Å². The molecule has 1 amide bonds. The van der Waals surface area contributed by atoms with Gasteiger partial charge in [0.25, 0.3) is 5.91 Å². The molecule has 0 saturated heterocycles. The van der Waals surface area contributed by atoms with Crippen molar-refractivity contribution in [3.05, 3.63) is 59.7 Å². The number of nitrogens with two attached hydrogens (primary N) is 1. The standard InChI is InChI=1S/C16H16ClN3O/c1-11-5-7-12(8-6-11)16(21)20-14-4-2-3-13(9-14)19-15(18)10-17/h2-9H,10H2,1H3,(H2,18,19)(H,20,21). The van der Waals surface area contributed by atoms with Crippen molar-refractivity contribution in [2.24, 2.45) is 10.7 Å². The minimum atomic E-state index is -0.165. The largest absolute Gasteiger partial charge is 0.386 e. The number of carbonyl (C=O) groups excluding carboxylic acids is 1. The number of nitrogens with zero attached hydrogens (tertiary/aromatic N) is 1. The van der Waals surface area contributed by atoms with Crippen LogP contribution in [0.2, 0.25) is 0 Å². The molecular weight excluding hydrogens is 286 g/mol. The molecule has 0 fully saturated rings. The van der Waals surface area contributed by atoms with Crippen LogP contribution in [-0.4, -0.2) is 17.6 Å². The summed E-state index contributed by atoms with van der Waals surface area (Å²) in [5.74, 6) is 0.333. The fraction of sp³-hybridized carbons (Fsp3) is 0.125. The number of aliphatic imine (C=N–C) groups is 1. The molecule has 2 rings (SSSR count). The van der Waals surface area contributed by atoms with Crippen molar-refractivity contribution in [2.45, 2.75) is 6.92 Å². The van der Waals surface area contributed by atoms with Crippen molar-refractivity contribution in [2.75, 3.05) is 11.2 Å². The highest BCUT2D eigenvalue weighted by molar-refractivity contribution is 6.28. The highest BCUT2D eigenvalue weighted by Gasteiger charge is 2.06. The summed E-state index contributed by atoms with van der Waals surface area (Å²) in [5, 5.41) is 2.83. The number of benzene rings is 2. The molecule has 0 saturated carbocycles. The average Bonchev–Trinajstić information content (AvgIpc) is 2.48. The lowest BCUT2D eigenvalue weighted by Gasteiger charge is -2.06. The lowest BCUT2D eigenvalue weighted by molar-refractivity contribution is 0.102. The Bertz CT molecular complexity index is 665. The zero-order valence-corrected chi connectivity index (χ0v) is 12.4. The maximum atomic E-state index is 12.1. The predicted octanol–water partition coefficient (Wildman–Crippen LogP) is 3.47. The zero-order chi connectivity index (χ0) is 15.2. The third kappa shape index (κ3) is 4.33. The summed E-state index contributed by atoms with van der Waals surface area (Å²) < 4.78 is 0. The van der Waals surface area contributed by atoms with Gasteiger partial charge in [-0.05, 0) is 37.3 Å². The molecule has 0 radical (unpaired) electrons. The molecule has 3 N–H and O–H groups in total. The van der Waals surface area contributed by atoms with Crippen LogP contribution in [0.25, 0.3) is 0 Å². The van der Waals surface area contributed by atoms with Gasteiger partial charge < -0.3 is 11.1 Å². The van der Waals surface area contributed by atoms with Gasteiger partial charge in [-0.25, -0.2) is 4.99 Å². The number of nitrogens with one attached hydrogen (secondary N) is 1. The Morgan fingerprint density at radius 3 is 2.62 bits per heavy atom. The molecule has 0 aliphatic rings. The number of amidine groups is 1. The summed E-state index contributed by atoms with van der Waals surface area (Å²) in [6.45, 7) is 1.98. The maximum Gasteiger partial charge on any atom is 0.255 e. The number of halogens is 1. The molecule has 0 aliphatic carbocycles. The van der Waals surface area contributed by atoms with Gasteiger partial charge in [0.15, 0.2) is 0 Å². The van der Waals surface area contributed by atoms with E-state index in [-0.39, 0.29) is 11.8 Å². The SMILES string of the molecule is Cc1ccc(C(=O)Nc2cccc(N=C(N)CCl)c2)cc1. The smallest absolute Gasteiger partial charge is 0.255 e. The number of rotatable bonds is 4. The Balaban J connectivity index is 2.14. The van der Waals surface area contributed by atoms with Gasteiger partial charge in [-0.2, -0.15) is 0 Å². The van der Waals surface area contributed by atoms with Crippen LogP contribution in [0.3, 0.4) is 0 Å². The first-order valence-corrected chi connectivity index (χ1v) is 6.99. The van der Waals surface area contributed by atoms with E-state index in [1.807, 2.05) is 19.1 Å². The van der Waals surface area contributed by atoms with Crippen LogP contribution in [0.1, 0.15) is 15.9 Å². The van der Waals surface area contributed by atoms with Crippen molar-refractivity contribution in [1.82, 2.24) is 0 Å². The summed E-state index contributed by atoms with van der Waals surface area (Å²) in [4.78, 5) is 16.3. The molecule has 2 aromatic rings. The lowest BCUT2D eigenvalue weighted by Crippen LogP contribution is -2.13. The van der Waals surface area contributed by atoms with E-state index in [4.69, 9.17) is 17.3 Å². The number of carbonyl (C=O) groups is 1. The fourth-order valence-electron chi connectivity index (χ4n) is 1.76. The number of hydrogen-bond donors (Lipinski definition) is 2. The Labute approximate surface area is 128 Å². The van der Waals surface area contributed by atoms with E-state index in [1.165, 1.54) is 0 Å². The number of aryl methyl sites for hydroxylation is 1. The van der Waals surface area contributed by atoms with Crippen LogP contribution < -0.4 is 11.1 Å². The number of alkyl halides is 1. The van der Waals surface area contributed by atoms with Gasteiger partial charge in [0.2, 0.25) is 0 Å². The van der Waals surface area contributed by atoms with Gasteiger partial charge in [-0.3, -0.25) is 4.79 Å². The van der Waals surface area contributed by atoms with Crippen LogP contribution >= 0.6 is 11.6 Å². The average molecular weight is 302 g/mol. The summed E-state index contributed by atoms with van der Waals surface area (Å²) in [5.41, 5.74) is 8.61. The minimum Gasteiger partial charge on any atom is -0.386 e. The van der Waals surface area contributed by atoms with E-state index in [2.05, 4.69) is 10.3 Å². The maximum absolute atomic E-state index is 12.1. The van der Waals surface area contributed by atoms with Crippen molar-refractivity contribution in [1.29, 1.82) is 0 Å². The molecular formula is C16H16ClN3O. The first-order valence-electron chi connectivity index (χ1n) is 6.45. The second-order valence-corrected chi connectivity index (χ2v) is 4.87. The highest BCUT2D eigenvalue weighted by atomic mass is 35.5. The van der Waals surface area contributed by atoms with Crippen molar-refractivity contribution in [3.63, 3.8) is 0 Å². The summed E-state index contributed by atoms with van der Waals surface area (Å²) in [6, 6.07) is 14.5. The highest BCUT2D eigenvalue weighted by Crippen LogP contribution is 2.19. The van der Waals surface area contributed by atoms with Crippen LogP contribution in [0, 0.1) is 6.92 Å². The molecule has 0 heterocycles. The fourth-order valence-corrected chi connectivity index (χ4v) is 1.82. The van der Waals surface area contributed by atoms with Crippen LogP contribution in [0.15, 0.2) is 53.5 Å². The first-order chi connectivity index (χ1) is 10.1. The second kappa shape index (κ2) is 6.90. The van der Waals surface area contributed by atoms with Crippen molar-refractivity contribution >= 4 is 34.7 Å². The monoisotopic (exact) mass is 301 g/mol. The molecule has 0 unspecified atom stereocenters. The van der Waals surface area contributed by atoms with E-state index in [0.29, 0.717) is 22.8 Å². The summed E-state index contributed by atoms with van der Waals surface area (Å²) in [6.07, 6.45) is 0. The molecule has 108 valence electrons.